The Bertz CT molecular complexity index is 347. The molecule has 2 bridgehead atoms. The lowest BCUT2D eigenvalue weighted by Crippen LogP contribution is -2.40. The Morgan fingerprint density at radius 1 is 1.47 bits per heavy atom. The monoisotopic (exact) mass is 240 g/mol. The van der Waals surface area contributed by atoms with Crippen LogP contribution in [0.5, 0.6) is 0 Å². The molecule has 2 saturated heterocycles. The Labute approximate surface area is 99.7 Å². The van der Waals surface area contributed by atoms with Gasteiger partial charge in [-0.1, -0.05) is 6.08 Å². The van der Waals surface area contributed by atoms with Gasteiger partial charge in [0, 0.05) is 5.92 Å². The van der Waals surface area contributed by atoms with Gasteiger partial charge in [-0.05, 0) is 12.5 Å². The third kappa shape index (κ3) is 1.78. The zero-order valence-electron chi connectivity index (χ0n) is 9.76. The van der Waals surface area contributed by atoms with Gasteiger partial charge in [0.25, 0.3) is 0 Å². The van der Waals surface area contributed by atoms with Gasteiger partial charge < -0.3 is 18.9 Å². The van der Waals surface area contributed by atoms with Crippen molar-refractivity contribution in [3.8, 4) is 0 Å². The van der Waals surface area contributed by atoms with E-state index in [1.165, 1.54) is 7.11 Å². The fraction of sp³-hybridized carbons (Fsp3) is 0.750. The third-order valence-electron chi connectivity index (χ3n) is 3.65. The largest absolute Gasteiger partial charge is 0.469 e. The lowest BCUT2D eigenvalue weighted by molar-refractivity contribution is -0.164. The maximum absolute atomic E-state index is 11.3. The van der Waals surface area contributed by atoms with Crippen LogP contribution in [0.4, 0.5) is 0 Å². The molecule has 17 heavy (non-hydrogen) atoms. The Hall–Kier alpha value is -0.910. The molecule has 3 heterocycles. The predicted molar refractivity (Wildman–Crippen MR) is 57.2 cm³/mol. The summed E-state index contributed by atoms with van der Waals surface area (Å²) >= 11 is 0. The van der Waals surface area contributed by atoms with Crippen LogP contribution < -0.4 is 0 Å². The number of fused-ring (bicyclic) bond motifs is 2. The molecule has 94 valence electrons. The Morgan fingerprint density at radius 3 is 2.94 bits per heavy atom. The van der Waals surface area contributed by atoms with E-state index in [9.17, 15) is 4.79 Å². The Balaban J connectivity index is 1.70. The third-order valence-corrected chi connectivity index (χ3v) is 3.65. The molecule has 5 heteroatoms. The highest BCUT2D eigenvalue weighted by atomic mass is 16.7. The van der Waals surface area contributed by atoms with E-state index < -0.39 is 5.60 Å². The molecule has 0 radical (unpaired) electrons. The summed E-state index contributed by atoms with van der Waals surface area (Å²) in [5, 5.41) is 0. The Kier molecular flexibility index (Phi) is 2.69. The molecule has 2 fully saturated rings. The van der Waals surface area contributed by atoms with Gasteiger partial charge >= 0.3 is 5.97 Å². The average Bonchev–Trinajstić information content (AvgIpc) is 3.04. The maximum atomic E-state index is 11.3. The SMILES string of the molecule is COC(=O)C[C@H]1C[C@]2(C3OCCO3)C=CC1O2. The lowest BCUT2D eigenvalue weighted by Gasteiger charge is -2.28. The quantitative estimate of drug-likeness (QED) is 0.535. The molecule has 3 atom stereocenters. The van der Waals surface area contributed by atoms with Gasteiger partial charge in [-0.15, -0.1) is 0 Å². The average molecular weight is 240 g/mol. The van der Waals surface area contributed by atoms with Crippen molar-refractivity contribution >= 4 is 5.97 Å². The maximum Gasteiger partial charge on any atom is 0.305 e. The van der Waals surface area contributed by atoms with E-state index in [2.05, 4.69) is 0 Å². The van der Waals surface area contributed by atoms with Crippen LogP contribution in [0.3, 0.4) is 0 Å². The van der Waals surface area contributed by atoms with E-state index >= 15 is 0 Å². The van der Waals surface area contributed by atoms with E-state index in [-0.39, 0.29) is 24.3 Å². The van der Waals surface area contributed by atoms with Gasteiger partial charge in [0.1, 0.15) is 5.60 Å². The number of methoxy groups -OCH3 is 1. The van der Waals surface area contributed by atoms with Gasteiger partial charge in [-0.3, -0.25) is 4.79 Å². The summed E-state index contributed by atoms with van der Waals surface area (Å²) in [6, 6.07) is 0. The number of carbonyl (C=O) groups is 1. The molecule has 3 aliphatic rings. The van der Waals surface area contributed by atoms with Gasteiger partial charge in [0.05, 0.1) is 32.8 Å². The lowest BCUT2D eigenvalue weighted by atomic mass is 9.84. The highest BCUT2D eigenvalue weighted by molar-refractivity contribution is 5.69. The van der Waals surface area contributed by atoms with Crippen molar-refractivity contribution in [1.29, 1.82) is 0 Å². The van der Waals surface area contributed by atoms with Crippen molar-refractivity contribution < 1.29 is 23.7 Å². The van der Waals surface area contributed by atoms with Crippen molar-refractivity contribution in [2.45, 2.75) is 30.8 Å². The van der Waals surface area contributed by atoms with E-state index in [0.29, 0.717) is 19.6 Å². The Morgan fingerprint density at radius 2 is 2.24 bits per heavy atom. The standard InChI is InChI=1S/C12H16O5/c1-14-10(13)6-8-7-12(3-2-9(8)17-12)11-15-4-5-16-11/h2-3,8-9,11H,4-7H2,1H3/t8-,9?,12-/m0/s1. The molecule has 3 rings (SSSR count). The molecule has 0 saturated carbocycles. The van der Waals surface area contributed by atoms with Crippen LogP contribution >= 0.6 is 0 Å². The molecule has 5 nitrogen and oxygen atoms in total. The van der Waals surface area contributed by atoms with Crippen LogP contribution in [0, 0.1) is 5.92 Å². The zero-order chi connectivity index (χ0) is 11.9. The van der Waals surface area contributed by atoms with E-state index in [1.54, 1.807) is 0 Å². The second-order valence-corrected chi connectivity index (χ2v) is 4.71. The number of hydrogen-bond donors (Lipinski definition) is 0. The topological polar surface area (TPSA) is 54.0 Å². The second-order valence-electron chi connectivity index (χ2n) is 4.71. The molecule has 1 unspecified atom stereocenters. The van der Waals surface area contributed by atoms with Gasteiger partial charge in [-0.25, -0.2) is 0 Å². The minimum Gasteiger partial charge on any atom is -0.469 e. The molecule has 0 aliphatic carbocycles. The summed E-state index contributed by atoms with van der Waals surface area (Å²) in [7, 11) is 1.41. The first-order chi connectivity index (χ1) is 8.23. The second kappa shape index (κ2) is 4.08. The zero-order valence-corrected chi connectivity index (χ0v) is 9.76. The number of carbonyl (C=O) groups excluding carboxylic acids is 1. The van der Waals surface area contributed by atoms with Crippen molar-refractivity contribution in [1.82, 2.24) is 0 Å². The van der Waals surface area contributed by atoms with Gasteiger partial charge in [0.2, 0.25) is 0 Å². The molecule has 0 aromatic rings. The van der Waals surface area contributed by atoms with Gasteiger partial charge in [-0.2, -0.15) is 0 Å². The highest BCUT2D eigenvalue weighted by Gasteiger charge is 2.55. The fourth-order valence-electron chi connectivity index (χ4n) is 2.84. The van der Waals surface area contributed by atoms with Crippen molar-refractivity contribution in [2.24, 2.45) is 5.92 Å². The molecule has 0 N–H and O–H groups in total. The molecule has 0 aromatic heterocycles. The van der Waals surface area contributed by atoms with Crippen LogP contribution in [-0.2, 0) is 23.7 Å². The normalized spacial score (nSPS) is 40.1. The van der Waals surface area contributed by atoms with Gasteiger partial charge in [0.15, 0.2) is 6.29 Å². The van der Waals surface area contributed by atoms with Crippen LogP contribution in [0.15, 0.2) is 12.2 Å². The summed E-state index contributed by atoms with van der Waals surface area (Å²) in [4.78, 5) is 11.3. The minimum atomic E-state index is -0.486. The first-order valence-corrected chi connectivity index (χ1v) is 5.91. The first-order valence-electron chi connectivity index (χ1n) is 5.91. The minimum absolute atomic E-state index is 0.0121. The van der Waals surface area contributed by atoms with E-state index in [1.807, 2.05) is 12.2 Å². The summed E-state index contributed by atoms with van der Waals surface area (Å²) in [5.41, 5.74) is -0.486. The molecule has 0 spiro atoms. The number of esters is 1. The van der Waals surface area contributed by atoms with E-state index in [0.717, 1.165) is 6.42 Å². The smallest absolute Gasteiger partial charge is 0.305 e. The number of ether oxygens (including phenoxy) is 4. The first kappa shape index (κ1) is 11.2. The van der Waals surface area contributed by atoms with E-state index in [4.69, 9.17) is 18.9 Å². The summed E-state index contributed by atoms with van der Waals surface area (Å²) < 4.78 is 21.7. The van der Waals surface area contributed by atoms with Crippen LogP contribution in [0.2, 0.25) is 0 Å². The van der Waals surface area contributed by atoms with Crippen LogP contribution in [0.1, 0.15) is 12.8 Å². The van der Waals surface area contributed by atoms with Crippen LogP contribution in [0.25, 0.3) is 0 Å². The summed E-state index contributed by atoms with van der Waals surface area (Å²) in [6.45, 7) is 1.21. The fourth-order valence-corrected chi connectivity index (χ4v) is 2.84. The van der Waals surface area contributed by atoms with Crippen molar-refractivity contribution in [3.05, 3.63) is 12.2 Å². The molecule has 0 aromatic carbocycles. The molecular formula is C12H16O5. The van der Waals surface area contributed by atoms with Crippen molar-refractivity contribution in [2.75, 3.05) is 20.3 Å². The predicted octanol–water partition coefficient (Wildman–Crippen LogP) is 0.636. The molecule has 3 aliphatic heterocycles. The number of rotatable bonds is 3. The molecular weight excluding hydrogens is 224 g/mol. The van der Waals surface area contributed by atoms with Crippen LogP contribution in [-0.4, -0.2) is 44.3 Å². The van der Waals surface area contributed by atoms with Crippen molar-refractivity contribution in [3.63, 3.8) is 0 Å². The molecule has 0 amide bonds. The number of hydrogen-bond acceptors (Lipinski definition) is 5. The summed E-state index contributed by atoms with van der Waals surface area (Å²) in [6.07, 6.45) is 4.82. The summed E-state index contributed by atoms with van der Waals surface area (Å²) in [5.74, 6) is -0.0248. The highest BCUT2D eigenvalue weighted by Crippen LogP contribution is 2.47.